The number of nitrogens with one attached hydrogen (secondary N) is 1. The summed E-state index contributed by atoms with van der Waals surface area (Å²) in [5, 5.41) is 1.65. The van der Waals surface area contributed by atoms with E-state index in [1.807, 2.05) is 36.4 Å². The Labute approximate surface area is 149 Å². The van der Waals surface area contributed by atoms with Crippen molar-refractivity contribution in [1.82, 2.24) is 5.32 Å². The Morgan fingerprint density at radius 3 is 2.60 bits per heavy atom. The number of carbonyl (C=O) groups is 2. The summed E-state index contributed by atoms with van der Waals surface area (Å²) >= 11 is 1.04. The lowest BCUT2D eigenvalue weighted by molar-refractivity contribution is -0.118. The molecule has 2 aliphatic rings. The zero-order valence-corrected chi connectivity index (χ0v) is 14.3. The molecule has 2 aliphatic heterocycles. The second-order valence-corrected chi connectivity index (χ2v) is 7.28. The summed E-state index contributed by atoms with van der Waals surface area (Å²) < 4.78 is 11.9. The molecule has 1 N–H and O–H groups in total. The van der Waals surface area contributed by atoms with Crippen LogP contribution < -0.4 is 14.8 Å². The monoisotopic (exact) mass is 355 g/mol. The Morgan fingerprint density at radius 1 is 1.00 bits per heavy atom. The Kier molecular flexibility index (Phi) is 4.36. The van der Waals surface area contributed by atoms with Gasteiger partial charge in [-0.2, -0.15) is 0 Å². The van der Waals surface area contributed by atoms with Crippen molar-refractivity contribution in [2.24, 2.45) is 0 Å². The number of hydrogen-bond donors (Lipinski definition) is 1. The summed E-state index contributed by atoms with van der Waals surface area (Å²) in [6, 6.07) is 15.8. The summed E-state index contributed by atoms with van der Waals surface area (Å²) in [5.41, 5.74) is 2.15. The average Bonchev–Trinajstić information content (AvgIpc) is 2.93. The highest BCUT2D eigenvalue weighted by molar-refractivity contribution is 8.15. The predicted molar refractivity (Wildman–Crippen MR) is 95.1 cm³/mol. The topological polar surface area (TPSA) is 64.6 Å². The number of carbonyl (C=O) groups excluding carboxylic acids is 2. The van der Waals surface area contributed by atoms with Gasteiger partial charge >= 0.3 is 0 Å². The molecule has 2 atom stereocenters. The first kappa shape index (κ1) is 16.0. The minimum Gasteiger partial charge on any atom is -0.486 e. The molecule has 1 fully saturated rings. The number of imide groups is 1. The number of ether oxygens (including phenoxy) is 2. The third kappa shape index (κ3) is 3.64. The highest BCUT2D eigenvalue weighted by Gasteiger charge is 2.32. The van der Waals surface area contributed by atoms with Crippen molar-refractivity contribution in [1.29, 1.82) is 0 Å². The predicted octanol–water partition coefficient (Wildman–Crippen LogP) is 2.96. The van der Waals surface area contributed by atoms with E-state index in [1.165, 1.54) is 5.56 Å². The summed E-state index contributed by atoms with van der Waals surface area (Å²) in [6.07, 6.45) is 1.22. The highest BCUT2D eigenvalue weighted by Crippen LogP contribution is 2.34. The first-order valence-electron chi connectivity index (χ1n) is 8.15. The molecule has 2 heterocycles. The number of fused-ring (bicyclic) bond motifs is 1. The second kappa shape index (κ2) is 6.80. The van der Waals surface area contributed by atoms with Gasteiger partial charge in [0.1, 0.15) is 12.7 Å². The standard InChI is InChI=1S/C19H17NO4S/c21-18-17(25-19(22)20-18)10-13-6-7-15-16(9-13)24-14(11-23-15)8-12-4-2-1-3-5-12/h1-7,9,14,17H,8,10-11H2,(H,20,21,22). The van der Waals surface area contributed by atoms with Gasteiger partial charge in [0.2, 0.25) is 5.91 Å². The molecule has 0 aromatic heterocycles. The Morgan fingerprint density at radius 2 is 1.84 bits per heavy atom. The van der Waals surface area contributed by atoms with Crippen molar-refractivity contribution >= 4 is 22.9 Å². The fourth-order valence-corrected chi connectivity index (χ4v) is 3.87. The maximum absolute atomic E-state index is 11.7. The van der Waals surface area contributed by atoms with Crippen LogP contribution in [0.2, 0.25) is 0 Å². The van der Waals surface area contributed by atoms with E-state index >= 15 is 0 Å². The molecular formula is C19H17NO4S. The fourth-order valence-electron chi connectivity index (χ4n) is 3.01. The number of amides is 2. The van der Waals surface area contributed by atoms with Gasteiger partial charge < -0.3 is 9.47 Å². The van der Waals surface area contributed by atoms with E-state index in [2.05, 4.69) is 17.4 Å². The normalized spacial score (nSPS) is 21.9. The Hall–Kier alpha value is -2.47. The van der Waals surface area contributed by atoms with Crippen molar-refractivity contribution in [3.8, 4) is 11.5 Å². The lowest BCUT2D eigenvalue weighted by Crippen LogP contribution is -2.31. The van der Waals surface area contributed by atoms with Crippen molar-refractivity contribution in [2.45, 2.75) is 24.2 Å². The van der Waals surface area contributed by atoms with Crippen molar-refractivity contribution in [3.05, 3.63) is 59.7 Å². The molecule has 128 valence electrons. The SMILES string of the molecule is O=C1NC(=O)C(Cc2ccc3c(c2)OC(Cc2ccccc2)CO3)S1. The minimum absolute atomic E-state index is 0.0455. The van der Waals surface area contributed by atoms with Crippen molar-refractivity contribution < 1.29 is 19.1 Å². The number of hydrogen-bond acceptors (Lipinski definition) is 5. The lowest BCUT2D eigenvalue weighted by atomic mass is 10.1. The summed E-state index contributed by atoms with van der Waals surface area (Å²) in [4.78, 5) is 23.0. The van der Waals surface area contributed by atoms with E-state index in [-0.39, 0.29) is 22.5 Å². The average molecular weight is 355 g/mol. The van der Waals surface area contributed by atoms with Gasteiger partial charge in [-0.25, -0.2) is 0 Å². The third-order valence-electron chi connectivity index (χ3n) is 4.22. The van der Waals surface area contributed by atoms with Crippen LogP contribution in [0.15, 0.2) is 48.5 Å². The third-order valence-corrected chi connectivity index (χ3v) is 5.20. The first-order chi connectivity index (χ1) is 12.2. The van der Waals surface area contributed by atoms with E-state index < -0.39 is 0 Å². The van der Waals surface area contributed by atoms with Gasteiger partial charge in [0.05, 0.1) is 5.25 Å². The molecule has 2 amide bonds. The van der Waals surface area contributed by atoms with Crippen LogP contribution in [0.4, 0.5) is 4.79 Å². The number of thioether (sulfide) groups is 1. The van der Waals surface area contributed by atoms with Crippen LogP contribution in [-0.2, 0) is 17.6 Å². The van der Waals surface area contributed by atoms with Crippen LogP contribution in [0.5, 0.6) is 11.5 Å². The van der Waals surface area contributed by atoms with Crippen LogP contribution in [0.25, 0.3) is 0 Å². The van der Waals surface area contributed by atoms with Crippen LogP contribution in [-0.4, -0.2) is 29.1 Å². The number of benzene rings is 2. The molecule has 4 rings (SSSR count). The smallest absolute Gasteiger partial charge is 0.286 e. The molecule has 2 aromatic rings. The minimum atomic E-state index is -0.379. The van der Waals surface area contributed by atoms with Gasteiger partial charge in [0.15, 0.2) is 11.5 Å². The van der Waals surface area contributed by atoms with E-state index in [9.17, 15) is 9.59 Å². The van der Waals surface area contributed by atoms with Crippen molar-refractivity contribution in [2.75, 3.05) is 6.61 Å². The zero-order chi connectivity index (χ0) is 17.2. The maximum Gasteiger partial charge on any atom is 0.286 e. The summed E-state index contributed by atoms with van der Waals surface area (Å²) in [6.45, 7) is 0.511. The second-order valence-electron chi connectivity index (χ2n) is 6.11. The summed E-state index contributed by atoms with van der Waals surface area (Å²) in [7, 11) is 0. The van der Waals surface area contributed by atoms with E-state index in [0.29, 0.717) is 24.5 Å². The van der Waals surface area contributed by atoms with Gasteiger partial charge in [0.25, 0.3) is 5.24 Å². The molecular weight excluding hydrogens is 338 g/mol. The van der Waals surface area contributed by atoms with Gasteiger partial charge in [0, 0.05) is 6.42 Å². The highest BCUT2D eigenvalue weighted by atomic mass is 32.2. The van der Waals surface area contributed by atoms with Crippen molar-refractivity contribution in [3.63, 3.8) is 0 Å². The Balaban J connectivity index is 1.46. The molecule has 0 radical (unpaired) electrons. The van der Waals surface area contributed by atoms with Gasteiger partial charge in [-0.15, -0.1) is 0 Å². The molecule has 0 bridgehead atoms. The quantitative estimate of drug-likeness (QED) is 0.913. The zero-order valence-electron chi connectivity index (χ0n) is 13.4. The van der Waals surface area contributed by atoms with Crippen LogP contribution >= 0.6 is 11.8 Å². The molecule has 0 aliphatic carbocycles. The molecule has 2 aromatic carbocycles. The first-order valence-corrected chi connectivity index (χ1v) is 9.03. The summed E-state index contributed by atoms with van der Waals surface area (Å²) in [5.74, 6) is 1.18. The maximum atomic E-state index is 11.7. The van der Waals surface area contributed by atoms with Crippen LogP contribution in [0.3, 0.4) is 0 Å². The fraction of sp³-hybridized carbons (Fsp3) is 0.263. The van der Waals surface area contributed by atoms with E-state index in [1.54, 1.807) is 0 Å². The van der Waals surface area contributed by atoms with Gasteiger partial charge in [-0.3, -0.25) is 14.9 Å². The Bertz CT molecular complexity index is 808. The molecule has 6 heteroatoms. The van der Waals surface area contributed by atoms with E-state index in [4.69, 9.17) is 9.47 Å². The molecule has 2 unspecified atom stereocenters. The van der Waals surface area contributed by atoms with Gasteiger partial charge in [-0.1, -0.05) is 48.2 Å². The number of rotatable bonds is 4. The molecule has 0 saturated carbocycles. The molecule has 25 heavy (non-hydrogen) atoms. The van der Waals surface area contributed by atoms with E-state index in [0.717, 1.165) is 23.7 Å². The molecule has 5 nitrogen and oxygen atoms in total. The molecule has 0 spiro atoms. The lowest BCUT2D eigenvalue weighted by Gasteiger charge is -2.27. The van der Waals surface area contributed by atoms with Crippen LogP contribution in [0.1, 0.15) is 11.1 Å². The van der Waals surface area contributed by atoms with Crippen LogP contribution in [0, 0.1) is 0 Å². The van der Waals surface area contributed by atoms with Gasteiger partial charge in [-0.05, 0) is 29.7 Å². The largest absolute Gasteiger partial charge is 0.486 e. The molecule has 1 saturated heterocycles.